The number of nitrogens with zero attached hydrogens (tertiary/aromatic N) is 1. The monoisotopic (exact) mass is 470 g/mol. The van der Waals surface area contributed by atoms with Crippen molar-refractivity contribution in [3.05, 3.63) is 0 Å². The SMILES string of the molecule is CC(C)C[C@@H](B1O[C@@H]2C[C@@H]3C[C@@H](C3(C)C)[C@]2(C)O1)C(CC(=O)N1CCOCC1)C(N)=O.Cl. The Labute approximate surface area is 199 Å². The summed E-state index contributed by atoms with van der Waals surface area (Å²) in [7, 11) is -0.498. The fraction of sp³-hybridized carbons (Fsp3) is 0.913. The molecule has 3 aliphatic carbocycles. The number of nitrogens with two attached hydrogens (primary N) is 1. The molecule has 6 atom stereocenters. The van der Waals surface area contributed by atoms with E-state index in [1.807, 2.05) is 0 Å². The van der Waals surface area contributed by atoms with Gasteiger partial charge in [0, 0.05) is 31.2 Å². The van der Waals surface area contributed by atoms with Gasteiger partial charge in [-0.25, -0.2) is 0 Å². The lowest BCUT2D eigenvalue weighted by atomic mass is 9.43. The smallest absolute Gasteiger partial charge is 0.405 e. The van der Waals surface area contributed by atoms with E-state index in [0.29, 0.717) is 44.1 Å². The Morgan fingerprint density at radius 2 is 1.81 bits per heavy atom. The van der Waals surface area contributed by atoms with Crippen molar-refractivity contribution in [2.45, 2.75) is 77.8 Å². The van der Waals surface area contributed by atoms with Crippen molar-refractivity contribution in [3.8, 4) is 0 Å². The van der Waals surface area contributed by atoms with E-state index < -0.39 is 18.9 Å². The quantitative estimate of drug-likeness (QED) is 0.578. The maximum atomic E-state index is 13.0. The first-order valence-corrected chi connectivity index (χ1v) is 12.0. The first-order valence-electron chi connectivity index (χ1n) is 12.0. The van der Waals surface area contributed by atoms with Crippen molar-refractivity contribution in [1.29, 1.82) is 0 Å². The normalized spacial score (nSPS) is 34.9. The van der Waals surface area contributed by atoms with Crippen LogP contribution in [0.25, 0.3) is 0 Å². The fourth-order valence-corrected chi connectivity index (χ4v) is 6.68. The second-order valence-electron chi connectivity index (χ2n) is 11.3. The Bertz CT molecular complexity index is 717. The zero-order valence-electron chi connectivity index (χ0n) is 20.2. The van der Waals surface area contributed by atoms with E-state index in [1.165, 1.54) is 6.42 Å². The lowest BCUT2D eigenvalue weighted by molar-refractivity contribution is -0.199. The van der Waals surface area contributed by atoms with Crippen LogP contribution in [0.5, 0.6) is 0 Å². The molecule has 0 aromatic heterocycles. The van der Waals surface area contributed by atoms with Crippen molar-refractivity contribution >= 4 is 31.3 Å². The third-order valence-electron chi connectivity index (χ3n) is 8.70. The van der Waals surface area contributed by atoms with Gasteiger partial charge in [-0.2, -0.15) is 0 Å². The Morgan fingerprint density at radius 3 is 2.38 bits per heavy atom. The van der Waals surface area contributed by atoms with E-state index in [4.69, 9.17) is 19.8 Å². The zero-order valence-corrected chi connectivity index (χ0v) is 21.0. The molecular formula is C23H40BClN2O5. The summed E-state index contributed by atoms with van der Waals surface area (Å²) in [5, 5.41) is 0. The van der Waals surface area contributed by atoms with Gasteiger partial charge in [0.1, 0.15) is 0 Å². The highest BCUT2D eigenvalue weighted by molar-refractivity contribution is 6.48. The topological polar surface area (TPSA) is 91.1 Å². The minimum absolute atomic E-state index is 0. The molecule has 182 valence electrons. The van der Waals surface area contributed by atoms with Gasteiger partial charge >= 0.3 is 7.12 Å². The van der Waals surface area contributed by atoms with Crippen molar-refractivity contribution in [1.82, 2.24) is 4.90 Å². The number of rotatable bonds is 7. The summed E-state index contributed by atoms with van der Waals surface area (Å²) in [5.74, 6) is 0.138. The largest absolute Gasteiger partial charge is 0.461 e. The van der Waals surface area contributed by atoms with Gasteiger partial charge in [-0.3, -0.25) is 9.59 Å². The van der Waals surface area contributed by atoms with Gasteiger partial charge < -0.3 is 24.7 Å². The van der Waals surface area contributed by atoms with Gasteiger partial charge in [-0.05, 0) is 49.4 Å². The molecule has 0 aromatic carbocycles. The maximum Gasteiger partial charge on any atom is 0.461 e. The van der Waals surface area contributed by atoms with Crippen molar-refractivity contribution in [2.24, 2.45) is 34.8 Å². The molecule has 2 N–H and O–H groups in total. The lowest BCUT2D eigenvalue weighted by Gasteiger charge is -2.64. The molecule has 32 heavy (non-hydrogen) atoms. The molecule has 0 spiro atoms. The average Bonchev–Trinajstić information content (AvgIpc) is 3.07. The molecule has 5 rings (SSSR count). The van der Waals surface area contributed by atoms with Crippen LogP contribution in [0.1, 0.15) is 60.3 Å². The highest BCUT2D eigenvalue weighted by Crippen LogP contribution is 2.66. The predicted molar refractivity (Wildman–Crippen MR) is 125 cm³/mol. The molecule has 0 radical (unpaired) electrons. The van der Waals surface area contributed by atoms with E-state index >= 15 is 0 Å². The first-order chi connectivity index (χ1) is 14.5. The molecule has 3 saturated carbocycles. The van der Waals surface area contributed by atoms with Crippen LogP contribution in [0, 0.1) is 29.1 Å². The third kappa shape index (κ3) is 4.45. The summed E-state index contributed by atoms with van der Waals surface area (Å²) in [6, 6.07) is 0. The van der Waals surface area contributed by atoms with Gasteiger partial charge in [-0.1, -0.05) is 27.7 Å². The second-order valence-corrected chi connectivity index (χ2v) is 11.3. The van der Waals surface area contributed by atoms with Crippen LogP contribution in [0.15, 0.2) is 0 Å². The molecule has 2 bridgehead atoms. The van der Waals surface area contributed by atoms with Crippen LogP contribution < -0.4 is 5.73 Å². The summed E-state index contributed by atoms with van der Waals surface area (Å²) in [6.07, 6.45) is 3.06. The van der Waals surface area contributed by atoms with Crippen LogP contribution in [0.2, 0.25) is 5.82 Å². The van der Waals surface area contributed by atoms with Crippen LogP contribution in [0.4, 0.5) is 0 Å². The number of halogens is 1. The zero-order chi connectivity index (χ0) is 22.6. The van der Waals surface area contributed by atoms with Gasteiger partial charge in [0.25, 0.3) is 0 Å². The van der Waals surface area contributed by atoms with Crippen LogP contribution >= 0.6 is 12.4 Å². The molecule has 0 aromatic rings. The Balaban J connectivity index is 0.00000289. The maximum absolute atomic E-state index is 13.0. The summed E-state index contributed by atoms with van der Waals surface area (Å²) in [6.45, 7) is 13.3. The lowest BCUT2D eigenvalue weighted by Crippen LogP contribution is -2.65. The minimum atomic E-state index is -0.602. The third-order valence-corrected chi connectivity index (χ3v) is 8.70. The summed E-state index contributed by atoms with van der Waals surface area (Å²) in [5.41, 5.74) is 5.79. The van der Waals surface area contributed by atoms with E-state index in [0.717, 1.165) is 12.8 Å². The molecule has 5 aliphatic rings. The molecule has 2 amide bonds. The van der Waals surface area contributed by atoms with E-state index in [1.54, 1.807) is 4.90 Å². The van der Waals surface area contributed by atoms with Crippen LogP contribution in [0.3, 0.4) is 0 Å². The van der Waals surface area contributed by atoms with E-state index in [9.17, 15) is 9.59 Å². The van der Waals surface area contributed by atoms with Crippen molar-refractivity contribution in [3.63, 3.8) is 0 Å². The number of carbonyl (C=O) groups is 2. The summed E-state index contributed by atoms with van der Waals surface area (Å²) >= 11 is 0. The number of carbonyl (C=O) groups excluding carboxylic acids is 2. The minimum Gasteiger partial charge on any atom is -0.405 e. The molecule has 2 heterocycles. The summed E-state index contributed by atoms with van der Waals surface area (Å²) < 4.78 is 18.5. The Hall–Kier alpha value is -0.825. The number of hydrogen-bond acceptors (Lipinski definition) is 5. The van der Waals surface area contributed by atoms with Crippen molar-refractivity contribution in [2.75, 3.05) is 26.3 Å². The molecule has 5 fully saturated rings. The number of ether oxygens (including phenoxy) is 1. The average molecular weight is 471 g/mol. The highest BCUT2D eigenvalue weighted by atomic mass is 35.5. The first kappa shape index (κ1) is 25.8. The predicted octanol–water partition coefficient (Wildman–Crippen LogP) is 2.90. The number of morpholine rings is 1. The Kier molecular flexibility index (Phi) is 7.60. The van der Waals surface area contributed by atoms with Gasteiger partial charge in [0.15, 0.2) is 0 Å². The number of primary amides is 1. The van der Waals surface area contributed by atoms with E-state index in [2.05, 4.69) is 34.6 Å². The van der Waals surface area contributed by atoms with Crippen LogP contribution in [-0.2, 0) is 23.6 Å². The molecule has 2 saturated heterocycles. The molecular weight excluding hydrogens is 431 g/mol. The van der Waals surface area contributed by atoms with Crippen molar-refractivity contribution < 1.29 is 23.6 Å². The molecule has 2 aliphatic heterocycles. The van der Waals surface area contributed by atoms with Crippen LogP contribution in [-0.4, -0.2) is 61.8 Å². The molecule has 1 unspecified atom stereocenters. The second kappa shape index (κ2) is 9.44. The van der Waals surface area contributed by atoms with Gasteiger partial charge in [-0.15, -0.1) is 12.4 Å². The fourth-order valence-electron chi connectivity index (χ4n) is 6.68. The van der Waals surface area contributed by atoms with E-state index in [-0.39, 0.29) is 47.7 Å². The number of hydrogen-bond donors (Lipinski definition) is 1. The van der Waals surface area contributed by atoms with Gasteiger partial charge in [0.2, 0.25) is 11.8 Å². The molecule has 9 heteroatoms. The van der Waals surface area contributed by atoms with Gasteiger partial charge in [0.05, 0.1) is 24.9 Å². The standard InChI is InChI=1S/C23H39BN2O5.ClH/c1-14(2)10-17(16(21(25)28)13-20(27)26-6-8-29-9-7-26)24-30-19-12-15-11-18(22(15,3)4)23(19,5)31-24;/h14-19H,6-13H2,1-5H3,(H2,25,28);1H/t15-,16?,17+,18-,19+,23-;/m0./s1. The highest BCUT2D eigenvalue weighted by Gasteiger charge is 2.68. The number of amides is 2. The summed E-state index contributed by atoms with van der Waals surface area (Å²) in [4.78, 5) is 27.3. The molecule has 7 nitrogen and oxygen atoms in total. The Morgan fingerprint density at radius 1 is 1.16 bits per heavy atom.